The van der Waals surface area contributed by atoms with E-state index in [4.69, 9.17) is 9.47 Å². The summed E-state index contributed by atoms with van der Waals surface area (Å²) in [4.78, 5) is 0. The summed E-state index contributed by atoms with van der Waals surface area (Å²) in [5.74, 6) is 1.60. The number of ether oxygens (including phenoxy) is 2. The molecule has 0 bridgehead atoms. The van der Waals surface area contributed by atoms with E-state index in [-0.39, 0.29) is 6.10 Å². The van der Waals surface area contributed by atoms with Crippen LogP contribution in [0.3, 0.4) is 0 Å². The molecule has 2 aliphatic rings. The number of hydrogen-bond donors (Lipinski definition) is 2. The maximum Gasteiger partial charge on any atom is 0.142 e. The van der Waals surface area contributed by atoms with Crippen molar-refractivity contribution in [1.29, 1.82) is 0 Å². The normalized spacial score (nSPS) is 27.2. The summed E-state index contributed by atoms with van der Waals surface area (Å²) in [6.07, 6.45) is 1.36. The van der Waals surface area contributed by atoms with Crippen molar-refractivity contribution < 1.29 is 9.47 Å². The Morgan fingerprint density at radius 1 is 1.42 bits per heavy atom. The van der Waals surface area contributed by atoms with Gasteiger partial charge in [-0.15, -0.1) is 0 Å². The molecule has 2 aliphatic heterocycles. The van der Waals surface area contributed by atoms with Gasteiger partial charge in [0.2, 0.25) is 0 Å². The Hall–Kier alpha value is -1.26. The summed E-state index contributed by atoms with van der Waals surface area (Å²) in [6.45, 7) is 5.77. The molecule has 19 heavy (non-hydrogen) atoms. The summed E-state index contributed by atoms with van der Waals surface area (Å²) in [6, 6.07) is 8.59. The number of para-hydroxylation sites is 2. The van der Waals surface area contributed by atoms with Gasteiger partial charge in [0.05, 0.1) is 18.8 Å². The zero-order valence-corrected chi connectivity index (χ0v) is 11.4. The first-order chi connectivity index (χ1) is 9.33. The molecule has 0 amide bonds. The Morgan fingerprint density at radius 2 is 2.32 bits per heavy atom. The average Bonchev–Trinajstić information content (AvgIpc) is 2.99. The van der Waals surface area contributed by atoms with Crippen LogP contribution in [-0.2, 0) is 4.74 Å². The van der Waals surface area contributed by atoms with Crippen molar-refractivity contribution in [2.45, 2.75) is 25.5 Å². The molecule has 4 heteroatoms. The van der Waals surface area contributed by atoms with Crippen LogP contribution < -0.4 is 15.4 Å². The van der Waals surface area contributed by atoms with Gasteiger partial charge >= 0.3 is 0 Å². The minimum atomic E-state index is 0.194. The molecule has 3 rings (SSSR count). The third kappa shape index (κ3) is 3.01. The fourth-order valence-electron chi connectivity index (χ4n) is 2.71. The average molecular weight is 262 g/mol. The molecule has 2 N–H and O–H groups in total. The molecule has 3 atom stereocenters. The first kappa shape index (κ1) is 12.8. The van der Waals surface area contributed by atoms with Gasteiger partial charge in [-0.25, -0.2) is 0 Å². The van der Waals surface area contributed by atoms with E-state index in [1.54, 1.807) is 0 Å². The molecule has 0 radical (unpaired) electrons. The van der Waals surface area contributed by atoms with Crippen LogP contribution in [-0.4, -0.2) is 38.4 Å². The van der Waals surface area contributed by atoms with Crippen LogP contribution in [0.4, 0.5) is 5.69 Å². The van der Waals surface area contributed by atoms with E-state index in [1.807, 2.05) is 18.2 Å². The van der Waals surface area contributed by atoms with E-state index in [2.05, 4.69) is 23.6 Å². The fraction of sp³-hybridized carbons (Fsp3) is 0.600. The Balaban J connectivity index is 1.49. The summed E-state index contributed by atoms with van der Waals surface area (Å²) >= 11 is 0. The van der Waals surface area contributed by atoms with Gasteiger partial charge in [-0.1, -0.05) is 12.1 Å². The van der Waals surface area contributed by atoms with Gasteiger partial charge in [0, 0.05) is 19.2 Å². The number of fused-ring (bicyclic) bond motifs is 1. The number of rotatable bonds is 4. The fourth-order valence-corrected chi connectivity index (χ4v) is 2.71. The highest BCUT2D eigenvalue weighted by molar-refractivity contribution is 5.57. The topological polar surface area (TPSA) is 42.5 Å². The second-order valence-corrected chi connectivity index (χ2v) is 5.44. The molecule has 0 aromatic heterocycles. The third-order valence-corrected chi connectivity index (χ3v) is 4.04. The molecule has 4 nitrogen and oxygen atoms in total. The molecule has 0 spiro atoms. The number of hydrogen-bond acceptors (Lipinski definition) is 4. The van der Waals surface area contributed by atoms with Crippen molar-refractivity contribution in [2.24, 2.45) is 5.92 Å². The Morgan fingerprint density at radius 3 is 3.16 bits per heavy atom. The summed E-state index contributed by atoms with van der Waals surface area (Å²) in [5.41, 5.74) is 1.09. The zero-order chi connectivity index (χ0) is 13.1. The molecular weight excluding hydrogens is 240 g/mol. The highest BCUT2D eigenvalue weighted by Gasteiger charge is 2.24. The first-order valence-corrected chi connectivity index (χ1v) is 7.13. The van der Waals surface area contributed by atoms with E-state index in [1.165, 1.54) is 6.42 Å². The highest BCUT2D eigenvalue weighted by atomic mass is 16.5. The van der Waals surface area contributed by atoms with Crippen LogP contribution >= 0.6 is 0 Å². The van der Waals surface area contributed by atoms with Gasteiger partial charge in [-0.3, -0.25) is 0 Å². The molecule has 1 fully saturated rings. The lowest BCUT2D eigenvalue weighted by molar-refractivity contribution is 0.168. The molecule has 2 heterocycles. The van der Waals surface area contributed by atoms with Crippen LogP contribution in [0, 0.1) is 5.92 Å². The van der Waals surface area contributed by atoms with Gasteiger partial charge in [0.25, 0.3) is 0 Å². The summed E-state index contributed by atoms with van der Waals surface area (Å²) in [5, 5.41) is 7.00. The number of benzene rings is 1. The quantitative estimate of drug-likeness (QED) is 0.869. The van der Waals surface area contributed by atoms with Crippen LogP contribution in [0.1, 0.15) is 13.3 Å². The van der Waals surface area contributed by atoms with Crippen molar-refractivity contribution in [2.75, 3.05) is 31.6 Å². The van der Waals surface area contributed by atoms with Crippen molar-refractivity contribution in [1.82, 2.24) is 5.32 Å². The van der Waals surface area contributed by atoms with Gasteiger partial charge in [-0.2, -0.15) is 0 Å². The lowest BCUT2D eigenvalue weighted by atomic mass is 10.0. The van der Waals surface area contributed by atoms with Crippen molar-refractivity contribution in [3.05, 3.63) is 24.3 Å². The minimum Gasteiger partial charge on any atom is -0.485 e. The molecule has 1 aromatic rings. The maximum absolute atomic E-state index is 5.99. The van der Waals surface area contributed by atoms with Gasteiger partial charge in [0.1, 0.15) is 11.9 Å². The van der Waals surface area contributed by atoms with Crippen LogP contribution in [0.5, 0.6) is 5.75 Å². The highest BCUT2D eigenvalue weighted by Crippen LogP contribution is 2.28. The molecule has 104 valence electrons. The monoisotopic (exact) mass is 262 g/mol. The van der Waals surface area contributed by atoms with E-state index >= 15 is 0 Å². The smallest absolute Gasteiger partial charge is 0.142 e. The van der Waals surface area contributed by atoms with Crippen LogP contribution in [0.25, 0.3) is 0 Å². The summed E-state index contributed by atoms with van der Waals surface area (Å²) in [7, 11) is 0. The molecule has 0 aliphatic carbocycles. The second kappa shape index (κ2) is 5.80. The Bertz CT molecular complexity index is 418. The lowest BCUT2D eigenvalue weighted by Crippen LogP contribution is -2.44. The van der Waals surface area contributed by atoms with E-state index in [9.17, 15) is 0 Å². The predicted octanol–water partition coefficient (Wildman–Crippen LogP) is 1.87. The van der Waals surface area contributed by atoms with E-state index in [0.717, 1.165) is 37.7 Å². The predicted molar refractivity (Wildman–Crippen MR) is 75.7 cm³/mol. The van der Waals surface area contributed by atoms with Crippen molar-refractivity contribution in [3.8, 4) is 5.75 Å². The van der Waals surface area contributed by atoms with E-state index in [0.29, 0.717) is 12.0 Å². The minimum absolute atomic E-state index is 0.194. The second-order valence-electron chi connectivity index (χ2n) is 5.44. The molecule has 3 unspecified atom stereocenters. The van der Waals surface area contributed by atoms with Crippen LogP contribution in [0.2, 0.25) is 0 Å². The summed E-state index contributed by atoms with van der Waals surface area (Å²) < 4.78 is 11.4. The largest absolute Gasteiger partial charge is 0.485 e. The molecular formula is C15H22N2O2. The van der Waals surface area contributed by atoms with E-state index < -0.39 is 0 Å². The van der Waals surface area contributed by atoms with Crippen LogP contribution in [0.15, 0.2) is 24.3 Å². The number of anilines is 1. The molecule has 1 saturated heterocycles. The molecule has 1 aromatic carbocycles. The van der Waals surface area contributed by atoms with Gasteiger partial charge in [0.15, 0.2) is 0 Å². The first-order valence-electron chi connectivity index (χ1n) is 7.13. The van der Waals surface area contributed by atoms with Gasteiger partial charge < -0.3 is 20.1 Å². The Kier molecular flexibility index (Phi) is 3.89. The Labute approximate surface area is 114 Å². The third-order valence-electron chi connectivity index (χ3n) is 4.04. The van der Waals surface area contributed by atoms with Crippen molar-refractivity contribution >= 4 is 5.69 Å². The lowest BCUT2D eigenvalue weighted by Gasteiger charge is -2.29. The maximum atomic E-state index is 5.99. The number of nitrogens with one attached hydrogen (secondary N) is 2. The van der Waals surface area contributed by atoms with Gasteiger partial charge in [-0.05, 0) is 31.4 Å². The zero-order valence-electron chi connectivity index (χ0n) is 11.4. The van der Waals surface area contributed by atoms with Crippen molar-refractivity contribution in [3.63, 3.8) is 0 Å². The molecule has 0 saturated carbocycles. The standard InChI is InChI=1S/C15H22N2O2/c1-11(12-6-7-18-10-12)16-8-13-9-17-14-4-2-3-5-15(14)19-13/h2-5,11-13,16-17H,6-10H2,1H3. The SMILES string of the molecule is CC(NCC1CNc2ccccc2O1)C1CCOC1.